The van der Waals surface area contributed by atoms with Gasteiger partial charge in [0.25, 0.3) is 5.56 Å². The zero-order chi connectivity index (χ0) is 14.1. The van der Waals surface area contributed by atoms with Crippen LogP contribution in [0.25, 0.3) is 16.6 Å². The van der Waals surface area contributed by atoms with Gasteiger partial charge in [0, 0.05) is 5.56 Å². The highest BCUT2D eigenvalue weighted by atomic mass is 16.2. The lowest BCUT2D eigenvalue weighted by Gasteiger charge is -2.06. The molecule has 0 aliphatic carbocycles. The van der Waals surface area contributed by atoms with E-state index in [4.69, 9.17) is 0 Å². The normalized spacial score (nSPS) is 10.6. The fraction of sp³-hybridized carbons (Fsp3) is 0. The smallest absolute Gasteiger partial charge is 0.306 e. The molecule has 0 fully saturated rings. The number of nitrogens with one attached hydrogen (secondary N) is 1. The third kappa shape index (κ3) is 1.85. The minimum absolute atomic E-state index is 0.358. The Labute approximate surface area is 113 Å². The Balaban J connectivity index is 2.39. The summed E-state index contributed by atoms with van der Waals surface area (Å²) in [5.41, 5.74) is 0.325. The molecule has 0 amide bonds. The third-order valence-corrected chi connectivity index (χ3v) is 3.07. The summed E-state index contributed by atoms with van der Waals surface area (Å²) < 4.78 is 1.07. The maximum Gasteiger partial charge on any atom is 0.333 e. The van der Waals surface area contributed by atoms with Gasteiger partial charge in [0.05, 0.1) is 16.6 Å². The number of carbonyl (C=O) groups excluding carboxylic acids is 1. The van der Waals surface area contributed by atoms with Gasteiger partial charge < -0.3 is 4.98 Å². The molecule has 0 saturated carbocycles. The maximum absolute atomic E-state index is 12.4. The van der Waals surface area contributed by atoms with Crippen molar-refractivity contribution in [2.24, 2.45) is 0 Å². The Morgan fingerprint density at radius 1 is 1.00 bits per heavy atom. The van der Waals surface area contributed by atoms with Crippen LogP contribution >= 0.6 is 0 Å². The van der Waals surface area contributed by atoms with E-state index in [0.29, 0.717) is 28.4 Å². The van der Waals surface area contributed by atoms with E-state index in [1.807, 2.05) is 0 Å². The monoisotopic (exact) mass is 266 g/mol. The van der Waals surface area contributed by atoms with E-state index in [2.05, 4.69) is 4.98 Å². The molecule has 0 aliphatic rings. The first kappa shape index (κ1) is 12.1. The van der Waals surface area contributed by atoms with Gasteiger partial charge in [-0.15, -0.1) is 0 Å². The van der Waals surface area contributed by atoms with Crippen molar-refractivity contribution in [3.05, 3.63) is 74.9 Å². The molecule has 0 bridgehead atoms. The lowest BCUT2D eigenvalue weighted by molar-refractivity contribution is 0.112. The number of H-pyrrole nitrogens is 1. The predicted octanol–water partition coefficient (Wildman–Crippen LogP) is 1.49. The van der Waals surface area contributed by atoms with Crippen LogP contribution in [0.1, 0.15) is 10.4 Å². The van der Waals surface area contributed by atoms with Gasteiger partial charge in [-0.25, -0.2) is 9.36 Å². The van der Waals surface area contributed by atoms with Crippen molar-refractivity contribution in [1.82, 2.24) is 9.55 Å². The van der Waals surface area contributed by atoms with Gasteiger partial charge in [-0.3, -0.25) is 9.59 Å². The van der Waals surface area contributed by atoms with Crippen LogP contribution in [0.5, 0.6) is 0 Å². The molecule has 98 valence electrons. The average Bonchev–Trinajstić information content (AvgIpc) is 2.47. The van der Waals surface area contributed by atoms with E-state index < -0.39 is 11.2 Å². The van der Waals surface area contributed by atoms with E-state index in [-0.39, 0.29) is 0 Å². The van der Waals surface area contributed by atoms with Crippen LogP contribution in [-0.4, -0.2) is 15.8 Å². The van der Waals surface area contributed by atoms with Gasteiger partial charge >= 0.3 is 5.69 Å². The SMILES string of the molecule is O=Cc1ccc2c(=O)n(-c3ccccc3)c(=O)[nH]c2c1. The van der Waals surface area contributed by atoms with Crippen LogP contribution in [0.2, 0.25) is 0 Å². The molecule has 1 heterocycles. The molecule has 5 heteroatoms. The minimum atomic E-state index is -0.531. The first-order valence-electron chi connectivity index (χ1n) is 6.00. The molecule has 2 aromatic carbocycles. The van der Waals surface area contributed by atoms with Gasteiger partial charge in [-0.05, 0) is 24.3 Å². The number of carbonyl (C=O) groups is 1. The maximum atomic E-state index is 12.4. The van der Waals surface area contributed by atoms with Crippen LogP contribution in [-0.2, 0) is 0 Å². The van der Waals surface area contributed by atoms with Crippen LogP contribution in [0.15, 0.2) is 58.1 Å². The molecule has 0 radical (unpaired) electrons. The number of para-hydroxylation sites is 1. The molecule has 3 aromatic rings. The molecule has 0 spiro atoms. The lowest BCUT2D eigenvalue weighted by Crippen LogP contribution is -2.33. The van der Waals surface area contributed by atoms with Crippen LogP contribution in [0, 0.1) is 0 Å². The highest BCUT2D eigenvalue weighted by Gasteiger charge is 2.09. The number of hydrogen-bond donors (Lipinski definition) is 1. The highest BCUT2D eigenvalue weighted by molar-refractivity contribution is 5.85. The number of fused-ring (bicyclic) bond motifs is 1. The molecule has 20 heavy (non-hydrogen) atoms. The number of benzene rings is 2. The van der Waals surface area contributed by atoms with Crippen molar-refractivity contribution in [2.75, 3.05) is 0 Å². The summed E-state index contributed by atoms with van der Waals surface area (Å²) in [6.07, 6.45) is 0.667. The molecule has 3 rings (SSSR count). The molecule has 0 saturated heterocycles. The molecular formula is C15H10N2O3. The summed E-state index contributed by atoms with van der Waals surface area (Å²) in [6.45, 7) is 0. The minimum Gasteiger partial charge on any atom is -0.306 e. The molecule has 1 N–H and O–H groups in total. The lowest BCUT2D eigenvalue weighted by atomic mass is 10.1. The Morgan fingerprint density at radius 3 is 2.45 bits per heavy atom. The van der Waals surface area contributed by atoms with E-state index in [1.165, 1.54) is 12.1 Å². The summed E-state index contributed by atoms with van der Waals surface area (Å²) in [5.74, 6) is 0. The van der Waals surface area contributed by atoms with Crippen molar-refractivity contribution in [2.45, 2.75) is 0 Å². The van der Waals surface area contributed by atoms with Gasteiger partial charge in [-0.2, -0.15) is 0 Å². The number of aldehydes is 1. The largest absolute Gasteiger partial charge is 0.333 e. The van der Waals surface area contributed by atoms with Crippen molar-refractivity contribution in [1.29, 1.82) is 0 Å². The van der Waals surface area contributed by atoms with Crippen molar-refractivity contribution >= 4 is 17.2 Å². The molecule has 0 unspecified atom stereocenters. The molecule has 1 aromatic heterocycles. The zero-order valence-electron chi connectivity index (χ0n) is 10.4. The third-order valence-electron chi connectivity index (χ3n) is 3.07. The fourth-order valence-electron chi connectivity index (χ4n) is 2.12. The molecular weight excluding hydrogens is 256 g/mol. The Morgan fingerprint density at radius 2 is 1.75 bits per heavy atom. The van der Waals surface area contributed by atoms with Gasteiger partial charge in [0.1, 0.15) is 6.29 Å². The number of aromatic amines is 1. The van der Waals surface area contributed by atoms with Gasteiger partial charge in [0.15, 0.2) is 0 Å². The van der Waals surface area contributed by atoms with Crippen molar-refractivity contribution < 1.29 is 4.79 Å². The Hall–Kier alpha value is -2.95. The van der Waals surface area contributed by atoms with Crippen molar-refractivity contribution in [3.8, 4) is 5.69 Å². The summed E-state index contributed by atoms with van der Waals surface area (Å²) >= 11 is 0. The number of aromatic nitrogens is 2. The Bertz CT molecular complexity index is 908. The summed E-state index contributed by atoms with van der Waals surface area (Å²) in [7, 11) is 0. The second-order valence-corrected chi connectivity index (χ2v) is 4.33. The number of hydrogen-bond acceptors (Lipinski definition) is 3. The summed E-state index contributed by atoms with van der Waals surface area (Å²) in [4.78, 5) is 37.8. The molecule has 5 nitrogen and oxygen atoms in total. The topological polar surface area (TPSA) is 71.9 Å². The predicted molar refractivity (Wildman–Crippen MR) is 75.6 cm³/mol. The number of nitrogens with zero attached hydrogens (tertiary/aromatic N) is 1. The first-order valence-corrected chi connectivity index (χ1v) is 6.00. The Kier molecular flexibility index (Phi) is 2.80. The van der Waals surface area contributed by atoms with Crippen LogP contribution < -0.4 is 11.2 Å². The second-order valence-electron chi connectivity index (χ2n) is 4.33. The van der Waals surface area contributed by atoms with Crippen LogP contribution in [0.4, 0.5) is 0 Å². The molecule has 0 aliphatic heterocycles. The first-order chi connectivity index (χ1) is 9.70. The van der Waals surface area contributed by atoms with Crippen molar-refractivity contribution in [3.63, 3.8) is 0 Å². The van der Waals surface area contributed by atoms with Gasteiger partial charge in [0.2, 0.25) is 0 Å². The second kappa shape index (κ2) is 4.62. The summed E-state index contributed by atoms with van der Waals surface area (Å²) in [5, 5.41) is 0.360. The standard InChI is InChI=1S/C15H10N2O3/c18-9-10-6-7-12-13(8-10)16-15(20)17(14(12)19)11-4-2-1-3-5-11/h1-9H,(H,16,20). The van der Waals surface area contributed by atoms with Gasteiger partial charge in [-0.1, -0.05) is 24.3 Å². The highest BCUT2D eigenvalue weighted by Crippen LogP contribution is 2.09. The zero-order valence-corrected chi connectivity index (χ0v) is 10.4. The summed E-state index contributed by atoms with van der Waals surface area (Å²) in [6, 6.07) is 13.2. The quantitative estimate of drug-likeness (QED) is 0.714. The number of rotatable bonds is 2. The van der Waals surface area contributed by atoms with E-state index in [9.17, 15) is 14.4 Å². The molecule has 0 atom stereocenters. The van der Waals surface area contributed by atoms with Crippen LogP contribution in [0.3, 0.4) is 0 Å². The fourth-order valence-corrected chi connectivity index (χ4v) is 2.12. The van der Waals surface area contributed by atoms with E-state index >= 15 is 0 Å². The van der Waals surface area contributed by atoms with E-state index in [1.54, 1.807) is 36.4 Å². The van der Waals surface area contributed by atoms with E-state index in [0.717, 1.165) is 4.57 Å². The average molecular weight is 266 g/mol.